The highest BCUT2D eigenvalue weighted by molar-refractivity contribution is 5.93. The van der Waals surface area contributed by atoms with E-state index in [0.29, 0.717) is 6.61 Å². The third-order valence-electron chi connectivity index (χ3n) is 3.54. The van der Waals surface area contributed by atoms with E-state index in [0.717, 1.165) is 17.7 Å². The highest BCUT2D eigenvalue weighted by Gasteiger charge is 2.32. The van der Waals surface area contributed by atoms with E-state index in [9.17, 15) is 4.79 Å². The van der Waals surface area contributed by atoms with E-state index in [4.69, 9.17) is 4.74 Å². The van der Waals surface area contributed by atoms with Crippen LogP contribution in [0.25, 0.3) is 0 Å². The normalized spacial score (nSPS) is 21.8. The molecule has 5 heteroatoms. The standard InChI is InChI=1S/C16H23N3O2/c1-11-12(10-17-19(11)5)15-13(7-9-21-15)18-14(20)6-8-16(2,3)4/h10,13,15H,7,9H2,1-5H3,(H,18,20)/t13-,15+/m0/s1. The molecule has 5 nitrogen and oxygen atoms in total. The molecule has 1 N–H and O–H groups in total. The number of hydrogen-bond donors (Lipinski definition) is 1. The van der Waals surface area contributed by atoms with Gasteiger partial charge in [0.15, 0.2) is 0 Å². The van der Waals surface area contributed by atoms with Crippen molar-refractivity contribution in [2.24, 2.45) is 12.5 Å². The summed E-state index contributed by atoms with van der Waals surface area (Å²) < 4.78 is 7.59. The van der Waals surface area contributed by atoms with Gasteiger partial charge in [-0.3, -0.25) is 9.48 Å². The predicted molar refractivity (Wildman–Crippen MR) is 80.4 cm³/mol. The van der Waals surface area contributed by atoms with Crippen molar-refractivity contribution in [3.05, 3.63) is 17.5 Å². The number of nitrogens with zero attached hydrogens (tertiary/aromatic N) is 2. The molecule has 114 valence electrons. The lowest BCUT2D eigenvalue weighted by Gasteiger charge is -2.18. The third-order valence-corrected chi connectivity index (χ3v) is 3.54. The monoisotopic (exact) mass is 289 g/mol. The predicted octanol–water partition coefficient (Wildman–Crippen LogP) is 1.72. The van der Waals surface area contributed by atoms with Crippen molar-refractivity contribution in [2.75, 3.05) is 6.61 Å². The highest BCUT2D eigenvalue weighted by atomic mass is 16.5. The average Bonchev–Trinajstić information content (AvgIpc) is 2.95. The minimum atomic E-state index is -0.244. The first-order valence-corrected chi connectivity index (χ1v) is 7.22. The quantitative estimate of drug-likeness (QED) is 0.844. The zero-order chi connectivity index (χ0) is 15.6. The second-order valence-electron chi connectivity index (χ2n) is 6.47. The number of carbonyl (C=O) groups is 1. The van der Waals surface area contributed by atoms with Gasteiger partial charge in [0.05, 0.1) is 12.2 Å². The molecule has 1 aromatic heterocycles. The summed E-state index contributed by atoms with van der Waals surface area (Å²) in [5.74, 6) is 5.37. The molecular formula is C16H23N3O2. The fraction of sp³-hybridized carbons (Fsp3) is 0.625. The lowest BCUT2D eigenvalue weighted by atomic mass is 9.98. The van der Waals surface area contributed by atoms with Crippen LogP contribution in [0.2, 0.25) is 0 Å². The van der Waals surface area contributed by atoms with Crippen molar-refractivity contribution < 1.29 is 9.53 Å². The van der Waals surface area contributed by atoms with Crippen LogP contribution in [0.15, 0.2) is 6.20 Å². The molecule has 0 radical (unpaired) electrons. The average molecular weight is 289 g/mol. The smallest absolute Gasteiger partial charge is 0.296 e. The molecule has 2 atom stereocenters. The second-order valence-corrected chi connectivity index (χ2v) is 6.47. The molecule has 1 aliphatic heterocycles. The molecule has 1 aromatic rings. The van der Waals surface area contributed by atoms with Gasteiger partial charge in [0.1, 0.15) is 6.10 Å². The minimum Gasteiger partial charge on any atom is -0.371 e. The van der Waals surface area contributed by atoms with Gasteiger partial charge in [0.25, 0.3) is 5.91 Å². The maximum atomic E-state index is 12.0. The van der Waals surface area contributed by atoms with Crippen LogP contribution in [-0.4, -0.2) is 28.3 Å². The molecule has 0 unspecified atom stereocenters. The molecule has 1 saturated heterocycles. The van der Waals surface area contributed by atoms with Crippen molar-refractivity contribution in [1.82, 2.24) is 15.1 Å². The van der Waals surface area contributed by atoms with E-state index in [1.807, 2.05) is 45.6 Å². The van der Waals surface area contributed by atoms with Gasteiger partial charge < -0.3 is 10.1 Å². The fourth-order valence-corrected chi connectivity index (χ4v) is 2.29. The van der Waals surface area contributed by atoms with Crippen LogP contribution in [0.1, 0.15) is 44.6 Å². The second kappa shape index (κ2) is 5.90. The van der Waals surface area contributed by atoms with Gasteiger partial charge in [-0.25, -0.2) is 0 Å². The van der Waals surface area contributed by atoms with Crippen molar-refractivity contribution in [1.29, 1.82) is 0 Å². The highest BCUT2D eigenvalue weighted by Crippen LogP contribution is 2.30. The number of ether oxygens (including phenoxy) is 1. The molecule has 0 aliphatic carbocycles. The Morgan fingerprint density at radius 3 is 2.81 bits per heavy atom. The Labute approximate surface area is 126 Å². The van der Waals surface area contributed by atoms with Crippen LogP contribution < -0.4 is 5.32 Å². The lowest BCUT2D eigenvalue weighted by molar-refractivity contribution is -0.116. The number of aryl methyl sites for hydroxylation is 1. The van der Waals surface area contributed by atoms with Crippen LogP contribution in [0.5, 0.6) is 0 Å². The Balaban J connectivity index is 2.07. The first kappa shape index (κ1) is 15.6. The zero-order valence-corrected chi connectivity index (χ0v) is 13.4. The largest absolute Gasteiger partial charge is 0.371 e. The van der Waals surface area contributed by atoms with Crippen molar-refractivity contribution >= 4 is 5.91 Å². The number of rotatable bonds is 2. The summed E-state index contributed by atoms with van der Waals surface area (Å²) >= 11 is 0. The summed E-state index contributed by atoms with van der Waals surface area (Å²) in [7, 11) is 1.90. The van der Waals surface area contributed by atoms with E-state index >= 15 is 0 Å². The van der Waals surface area contributed by atoms with Crippen LogP contribution in [-0.2, 0) is 16.6 Å². The fourth-order valence-electron chi connectivity index (χ4n) is 2.29. The summed E-state index contributed by atoms with van der Waals surface area (Å²) in [6, 6.07) is -0.0466. The lowest BCUT2D eigenvalue weighted by Crippen LogP contribution is -2.36. The SMILES string of the molecule is Cc1c([C@H]2OCC[C@@H]2NC(=O)C#CC(C)(C)C)cnn1C. The summed E-state index contributed by atoms with van der Waals surface area (Å²) in [5.41, 5.74) is 1.91. The van der Waals surface area contributed by atoms with E-state index < -0.39 is 0 Å². The number of aromatic nitrogens is 2. The van der Waals surface area contributed by atoms with E-state index in [-0.39, 0.29) is 23.5 Å². The first-order chi connectivity index (χ1) is 9.78. The maximum Gasteiger partial charge on any atom is 0.296 e. The van der Waals surface area contributed by atoms with Gasteiger partial charge in [-0.2, -0.15) is 5.10 Å². The van der Waals surface area contributed by atoms with Crippen LogP contribution in [0.3, 0.4) is 0 Å². The molecule has 0 spiro atoms. The summed E-state index contributed by atoms with van der Waals surface area (Å²) in [4.78, 5) is 12.0. The van der Waals surface area contributed by atoms with Crippen molar-refractivity contribution in [3.8, 4) is 11.8 Å². The number of amides is 1. The molecule has 2 rings (SSSR count). The molecule has 1 aliphatic rings. The molecule has 0 bridgehead atoms. The van der Waals surface area contributed by atoms with Crippen LogP contribution in [0, 0.1) is 24.2 Å². The Kier molecular flexibility index (Phi) is 4.38. The number of carbonyl (C=O) groups excluding carboxylic acids is 1. The molecular weight excluding hydrogens is 266 g/mol. The van der Waals surface area contributed by atoms with Gasteiger partial charge in [-0.05, 0) is 40.0 Å². The summed E-state index contributed by atoms with van der Waals surface area (Å²) in [6.45, 7) is 8.58. The van der Waals surface area contributed by atoms with Gasteiger partial charge in [-0.15, -0.1) is 0 Å². The van der Waals surface area contributed by atoms with Gasteiger partial charge in [-0.1, -0.05) is 5.92 Å². The Morgan fingerprint density at radius 1 is 1.52 bits per heavy atom. The molecule has 21 heavy (non-hydrogen) atoms. The molecule has 1 fully saturated rings. The topological polar surface area (TPSA) is 56.1 Å². The first-order valence-electron chi connectivity index (χ1n) is 7.22. The van der Waals surface area contributed by atoms with Crippen molar-refractivity contribution in [2.45, 2.75) is 46.3 Å². The van der Waals surface area contributed by atoms with E-state index in [2.05, 4.69) is 22.3 Å². The van der Waals surface area contributed by atoms with E-state index in [1.54, 1.807) is 0 Å². The van der Waals surface area contributed by atoms with Crippen molar-refractivity contribution in [3.63, 3.8) is 0 Å². The molecule has 0 saturated carbocycles. The van der Waals surface area contributed by atoms with Crippen LogP contribution >= 0.6 is 0 Å². The Bertz CT molecular complexity index is 587. The van der Waals surface area contributed by atoms with Gasteiger partial charge in [0, 0.05) is 30.3 Å². The summed E-state index contributed by atoms with van der Waals surface area (Å²) in [6.07, 6.45) is 2.46. The van der Waals surface area contributed by atoms with Gasteiger partial charge >= 0.3 is 0 Å². The molecule has 2 heterocycles. The maximum absolute atomic E-state index is 12.0. The zero-order valence-electron chi connectivity index (χ0n) is 13.4. The van der Waals surface area contributed by atoms with Gasteiger partial charge in [0.2, 0.25) is 0 Å². The Hall–Kier alpha value is -1.80. The summed E-state index contributed by atoms with van der Waals surface area (Å²) in [5, 5.41) is 7.20. The van der Waals surface area contributed by atoms with E-state index in [1.165, 1.54) is 0 Å². The van der Waals surface area contributed by atoms with Crippen LogP contribution in [0.4, 0.5) is 0 Å². The Morgan fingerprint density at radius 2 is 2.24 bits per heavy atom. The number of nitrogens with one attached hydrogen (secondary N) is 1. The third kappa shape index (κ3) is 3.85. The molecule has 1 amide bonds. The molecule has 0 aromatic carbocycles. The number of hydrogen-bond acceptors (Lipinski definition) is 3. The minimum absolute atomic E-state index is 0.0466.